The smallest absolute Gasteiger partial charge is 0.219 e. The van der Waals surface area contributed by atoms with E-state index in [-0.39, 0.29) is 6.10 Å². The van der Waals surface area contributed by atoms with E-state index in [4.69, 9.17) is 8.85 Å². The van der Waals surface area contributed by atoms with Gasteiger partial charge >= 0.3 is 0 Å². The maximum absolute atomic E-state index is 7.30. The molecular weight excluding hydrogens is 424 g/mol. The molecule has 1 atom stereocenters. The lowest BCUT2D eigenvalue weighted by atomic mass is 9.80. The van der Waals surface area contributed by atoms with E-state index >= 15 is 0 Å². The third-order valence-electron chi connectivity index (χ3n) is 6.18. The number of allylic oxidation sites excluding steroid dienone is 1. The van der Waals surface area contributed by atoms with Gasteiger partial charge < -0.3 is 8.85 Å². The molecule has 0 N–H and O–H groups in total. The average molecular weight is 459 g/mol. The molecule has 166 valence electrons. The predicted molar refractivity (Wildman–Crippen MR) is 139 cm³/mol. The van der Waals surface area contributed by atoms with Crippen LogP contribution in [0.15, 0.2) is 96.2 Å². The summed E-state index contributed by atoms with van der Waals surface area (Å²) in [6.45, 7) is 13.7. The summed E-state index contributed by atoms with van der Waals surface area (Å²) in [6, 6.07) is 32.0. The molecule has 32 heavy (non-hydrogen) atoms. The van der Waals surface area contributed by atoms with E-state index in [9.17, 15) is 0 Å². The second-order valence-electron chi connectivity index (χ2n) is 10.1. The minimum Gasteiger partial charge on any atom is -0.408 e. The number of hydrogen-bond donors (Lipinski definition) is 0. The minimum absolute atomic E-state index is 0.166. The van der Waals surface area contributed by atoms with Crippen molar-refractivity contribution in [1.82, 2.24) is 0 Å². The monoisotopic (exact) mass is 458 g/mol. The molecule has 1 fully saturated rings. The van der Waals surface area contributed by atoms with Crippen LogP contribution in [0.25, 0.3) is 5.57 Å². The topological polar surface area (TPSA) is 18.5 Å². The zero-order valence-corrected chi connectivity index (χ0v) is 22.1. The Hall–Kier alpha value is -2.25. The number of benzene rings is 3. The van der Waals surface area contributed by atoms with Crippen molar-refractivity contribution in [1.29, 1.82) is 0 Å². The Kier molecular flexibility index (Phi) is 6.16. The molecule has 1 aliphatic heterocycles. The zero-order chi connectivity index (χ0) is 23.0. The van der Waals surface area contributed by atoms with Crippen molar-refractivity contribution in [3.8, 4) is 0 Å². The highest BCUT2D eigenvalue weighted by atomic mass is 28.4. The van der Waals surface area contributed by atoms with Crippen LogP contribution in [0.2, 0.25) is 32.7 Å². The van der Waals surface area contributed by atoms with E-state index in [1.807, 2.05) is 0 Å². The van der Waals surface area contributed by atoms with Gasteiger partial charge in [-0.2, -0.15) is 0 Å². The molecule has 0 spiro atoms. The van der Waals surface area contributed by atoms with E-state index < -0.39 is 22.2 Å². The van der Waals surface area contributed by atoms with Crippen LogP contribution in [0.3, 0.4) is 0 Å². The van der Waals surface area contributed by atoms with E-state index in [0.29, 0.717) is 0 Å². The molecule has 1 heterocycles. The maximum Gasteiger partial charge on any atom is 0.219 e. The van der Waals surface area contributed by atoms with E-state index in [0.717, 1.165) is 11.1 Å². The van der Waals surface area contributed by atoms with Crippen LogP contribution in [0, 0.1) is 0 Å². The second-order valence-corrected chi connectivity index (χ2v) is 18.3. The molecule has 0 aliphatic carbocycles. The fraction of sp³-hybridized carbons (Fsp3) is 0.286. The lowest BCUT2D eigenvalue weighted by molar-refractivity contribution is 0.0260. The molecule has 0 amide bonds. The molecule has 4 rings (SSSR count). The first-order valence-electron chi connectivity index (χ1n) is 11.4. The van der Waals surface area contributed by atoms with E-state index in [1.54, 1.807) is 0 Å². The normalized spacial score (nSPS) is 21.4. The van der Waals surface area contributed by atoms with Gasteiger partial charge in [0.05, 0.1) is 0 Å². The molecule has 3 aromatic rings. The molecule has 2 nitrogen and oxygen atoms in total. The van der Waals surface area contributed by atoms with E-state index in [2.05, 4.69) is 131 Å². The lowest BCUT2D eigenvalue weighted by Crippen LogP contribution is -2.45. The first-order valence-corrected chi connectivity index (χ1v) is 17.7. The van der Waals surface area contributed by atoms with Crippen LogP contribution in [0.4, 0.5) is 0 Å². The van der Waals surface area contributed by atoms with E-state index in [1.165, 1.54) is 16.3 Å². The van der Waals surface area contributed by atoms with Crippen molar-refractivity contribution >= 4 is 22.2 Å². The largest absolute Gasteiger partial charge is 0.408 e. The Morgan fingerprint density at radius 1 is 0.781 bits per heavy atom. The first kappa shape index (κ1) is 22.9. The first-order chi connectivity index (χ1) is 15.2. The molecular formula is C28H34O2Si2. The summed E-state index contributed by atoms with van der Waals surface area (Å²) < 4.78 is 14.4. The van der Waals surface area contributed by atoms with Gasteiger partial charge in [-0.05, 0) is 67.1 Å². The summed E-state index contributed by atoms with van der Waals surface area (Å²) in [7, 11) is -4.22. The Bertz CT molecular complexity index is 1050. The molecule has 0 aromatic heterocycles. The molecule has 1 unspecified atom stereocenters. The Balaban J connectivity index is 2.05. The summed E-state index contributed by atoms with van der Waals surface area (Å²) in [5, 5.41) is 1.36. The summed E-state index contributed by atoms with van der Waals surface area (Å²) in [5.41, 5.74) is 4.19. The lowest BCUT2D eigenvalue weighted by Gasteiger charge is -2.39. The van der Waals surface area contributed by atoms with Gasteiger partial charge in [0.15, 0.2) is 8.32 Å². The molecule has 0 saturated carbocycles. The molecule has 4 heteroatoms. The zero-order valence-electron chi connectivity index (χ0n) is 20.1. The fourth-order valence-corrected chi connectivity index (χ4v) is 9.28. The molecule has 1 aliphatic rings. The predicted octanol–water partition coefficient (Wildman–Crippen LogP) is 7.40. The number of rotatable bonds is 5. The quantitative estimate of drug-likeness (QED) is 0.371. The van der Waals surface area contributed by atoms with Crippen LogP contribution in [0.1, 0.15) is 23.6 Å². The summed E-state index contributed by atoms with van der Waals surface area (Å²) >= 11 is 0. The SMILES string of the molecule is C/C(=C1\C(O[Si](C)(C)C)C(c2ccccc2)(c2ccccc2)O[Si]1(C)C)c1ccccc1. The van der Waals surface area contributed by atoms with Gasteiger partial charge in [-0.25, -0.2) is 0 Å². The summed E-state index contributed by atoms with van der Waals surface area (Å²) in [5.74, 6) is 0. The van der Waals surface area contributed by atoms with Gasteiger partial charge in [-0.1, -0.05) is 91.0 Å². The van der Waals surface area contributed by atoms with Crippen molar-refractivity contribution in [2.45, 2.75) is 51.4 Å². The van der Waals surface area contributed by atoms with Crippen LogP contribution in [-0.2, 0) is 14.5 Å². The Labute approximate surface area is 195 Å². The average Bonchev–Trinajstić information content (AvgIpc) is 3.01. The van der Waals surface area contributed by atoms with Gasteiger partial charge in [0.2, 0.25) is 8.32 Å². The summed E-state index contributed by atoms with van der Waals surface area (Å²) in [6.07, 6.45) is -0.166. The highest BCUT2D eigenvalue weighted by Gasteiger charge is 2.60. The van der Waals surface area contributed by atoms with Crippen molar-refractivity contribution < 1.29 is 8.85 Å². The van der Waals surface area contributed by atoms with Gasteiger partial charge in [0.1, 0.15) is 11.7 Å². The van der Waals surface area contributed by atoms with Crippen LogP contribution in [0.5, 0.6) is 0 Å². The van der Waals surface area contributed by atoms with Gasteiger partial charge in [-0.3, -0.25) is 0 Å². The van der Waals surface area contributed by atoms with Gasteiger partial charge in [0, 0.05) is 0 Å². The van der Waals surface area contributed by atoms with Gasteiger partial charge in [0.25, 0.3) is 0 Å². The number of hydrogen-bond acceptors (Lipinski definition) is 2. The highest BCUT2D eigenvalue weighted by Crippen LogP contribution is 2.53. The van der Waals surface area contributed by atoms with Gasteiger partial charge in [-0.15, -0.1) is 0 Å². The van der Waals surface area contributed by atoms with Crippen molar-refractivity contribution in [2.75, 3.05) is 0 Å². The third-order valence-corrected chi connectivity index (χ3v) is 9.89. The Morgan fingerprint density at radius 3 is 1.66 bits per heavy atom. The standard InChI is InChI=1S/C28H34O2Si2/c1-22(23-16-10-7-11-17-23)26-27(29-31(2,3)4)28(30-32(26,5)6,24-18-12-8-13-19-24)25-20-14-9-15-21-25/h7-21,27H,1-6H3/b26-22-. The van der Waals surface area contributed by atoms with Crippen LogP contribution >= 0.6 is 0 Å². The van der Waals surface area contributed by atoms with Crippen LogP contribution < -0.4 is 0 Å². The van der Waals surface area contributed by atoms with Crippen molar-refractivity contribution in [3.63, 3.8) is 0 Å². The molecule has 1 saturated heterocycles. The second kappa shape index (κ2) is 8.60. The fourth-order valence-electron chi connectivity index (χ4n) is 4.98. The van der Waals surface area contributed by atoms with Crippen LogP contribution in [-0.4, -0.2) is 22.7 Å². The minimum atomic E-state index is -2.30. The molecule has 3 aromatic carbocycles. The molecule has 0 radical (unpaired) electrons. The summed E-state index contributed by atoms with van der Waals surface area (Å²) in [4.78, 5) is 0. The Morgan fingerprint density at radius 2 is 1.22 bits per heavy atom. The van der Waals surface area contributed by atoms with Crippen molar-refractivity contribution in [3.05, 3.63) is 113 Å². The maximum atomic E-state index is 7.30. The molecule has 0 bridgehead atoms. The third kappa shape index (κ3) is 4.20. The van der Waals surface area contributed by atoms with Crippen molar-refractivity contribution in [2.24, 2.45) is 0 Å². The highest BCUT2D eigenvalue weighted by molar-refractivity contribution is 6.81.